The predicted octanol–water partition coefficient (Wildman–Crippen LogP) is 3.52. The highest BCUT2D eigenvalue weighted by atomic mass is 16.5. The molecule has 1 heterocycles. The molecule has 2 aliphatic rings. The molecular weight excluding hydrogens is 274 g/mol. The first-order valence-corrected chi connectivity index (χ1v) is 8.54. The van der Waals surface area contributed by atoms with Crippen LogP contribution in [0.15, 0.2) is 30.3 Å². The van der Waals surface area contributed by atoms with Crippen LogP contribution in [0.5, 0.6) is 0 Å². The Morgan fingerprint density at radius 1 is 1.23 bits per heavy atom. The SMILES string of the molecule is CC(C)(CC(=O)N1CCOC2CCCCC21)c1ccccc1. The van der Waals surface area contributed by atoms with E-state index in [1.807, 2.05) is 18.2 Å². The second-order valence-electron chi connectivity index (χ2n) is 7.27. The van der Waals surface area contributed by atoms with E-state index in [1.165, 1.54) is 18.4 Å². The predicted molar refractivity (Wildman–Crippen MR) is 87.8 cm³/mol. The summed E-state index contributed by atoms with van der Waals surface area (Å²) >= 11 is 0. The van der Waals surface area contributed by atoms with E-state index >= 15 is 0 Å². The molecule has 0 bridgehead atoms. The summed E-state index contributed by atoms with van der Waals surface area (Å²) in [5.74, 6) is 0.286. The van der Waals surface area contributed by atoms with Crippen molar-refractivity contribution in [2.45, 2.75) is 63.5 Å². The molecule has 1 saturated heterocycles. The van der Waals surface area contributed by atoms with Crippen LogP contribution in [0.3, 0.4) is 0 Å². The number of fused-ring (bicyclic) bond motifs is 1. The number of amides is 1. The summed E-state index contributed by atoms with van der Waals surface area (Å²) in [6, 6.07) is 10.7. The minimum atomic E-state index is -0.124. The smallest absolute Gasteiger partial charge is 0.223 e. The van der Waals surface area contributed by atoms with Crippen molar-refractivity contribution in [2.75, 3.05) is 13.2 Å². The van der Waals surface area contributed by atoms with Gasteiger partial charge in [-0.25, -0.2) is 0 Å². The fourth-order valence-corrected chi connectivity index (χ4v) is 3.88. The molecule has 22 heavy (non-hydrogen) atoms. The maximum absolute atomic E-state index is 12.9. The van der Waals surface area contributed by atoms with Crippen LogP contribution < -0.4 is 0 Å². The summed E-state index contributed by atoms with van der Waals surface area (Å²) < 4.78 is 5.88. The molecule has 1 amide bonds. The number of carbonyl (C=O) groups excluding carboxylic acids is 1. The van der Waals surface area contributed by atoms with Crippen LogP contribution in [-0.2, 0) is 14.9 Å². The molecule has 1 aromatic carbocycles. The Morgan fingerprint density at radius 3 is 2.73 bits per heavy atom. The van der Waals surface area contributed by atoms with Gasteiger partial charge in [0.25, 0.3) is 0 Å². The highest BCUT2D eigenvalue weighted by molar-refractivity contribution is 5.78. The van der Waals surface area contributed by atoms with E-state index in [0.29, 0.717) is 19.1 Å². The Morgan fingerprint density at radius 2 is 1.95 bits per heavy atom. The third-order valence-corrected chi connectivity index (χ3v) is 5.20. The Balaban J connectivity index is 1.70. The van der Waals surface area contributed by atoms with Gasteiger partial charge in [0.1, 0.15) is 0 Å². The summed E-state index contributed by atoms with van der Waals surface area (Å²) in [5.41, 5.74) is 1.11. The van der Waals surface area contributed by atoms with E-state index in [-0.39, 0.29) is 17.4 Å². The molecule has 0 aromatic heterocycles. The monoisotopic (exact) mass is 301 g/mol. The summed E-state index contributed by atoms with van der Waals surface area (Å²) in [7, 11) is 0. The molecule has 0 radical (unpaired) electrons. The average molecular weight is 301 g/mol. The van der Waals surface area contributed by atoms with E-state index in [9.17, 15) is 4.79 Å². The maximum Gasteiger partial charge on any atom is 0.223 e. The number of benzene rings is 1. The molecule has 2 unspecified atom stereocenters. The molecule has 3 rings (SSSR count). The van der Waals surface area contributed by atoms with Crippen molar-refractivity contribution in [2.24, 2.45) is 0 Å². The van der Waals surface area contributed by atoms with Gasteiger partial charge in [0, 0.05) is 13.0 Å². The Labute approximate surface area is 133 Å². The first-order valence-electron chi connectivity index (χ1n) is 8.54. The Kier molecular flexibility index (Phi) is 4.53. The van der Waals surface area contributed by atoms with Gasteiger partial charge in [-0.05, 0) is 23.8 Å². The van der Waals surface area contributed by atoms with Gasteiger partial charge < -0.3 is 9.64 Å². The lowest BCUT2D eigenvalue weighted by Crippen LogP contribution is -2.55. The lowest BCUT2D eigenvalue weighted by Gasteiger charge is -2.44. The molecule has 3 heteroatoms. The summed E-state index contributed by atoms with van der Waals surface area (Å²) in [6.45, 7) is 5.78. The number of ether oxygens (including phenoxy) is 1. The van der Waals surface area contributed by atoms with Crippen LogP contribution in [0, 0.1) is 0 Å². The average Bonchev–Trinajstić information content (AvgIpc) is 2.54. The van der Waals surface area contributed by atoms with Gasteiger partial charge in [0.05, 0.1) is 18.8 Å². The van der Waals surface area contributed by atoms with Crippen molar-refractivity contribution in [3.8, 4) is 0 Å². The van der Waals surface area contributed by atoms with Gasteiger partial charge in [-0.2, -0.15) is 0 Å². The van der Waals surface area contributed by atoms with Crippen LogP contribution in [0.2, 0.25) is 0 Å². The molecule has 2 atom stereocenters. The van der Waals surface area contributed by atoms with Crippen molar-refractivity contribution in [1.29, 1.82) is 0 Å². The van der Waals surface area contributed by atoms with E-state index in [0.717, 1.165) is 19.4 Å². The number of nitrogens with zero attached hydrogens (tertiary/aromatic N) is 1. The molecular formula is C19H27NO2. The van der Waals surface area contributed by atoms with Crippen LogP contribution in [-0.4, -0.2) is 36.1 Å². The van der Waals surface area contributed by atoms with Gasteiger partial charge in [-0.3, -0.25) is 4.79 Å². The highest BCUT2D eigenvalue weighted by Gasteiger charge is 2.38. The lowest BCUT2D eigenvalue weighted by molar-refractivity contribution is -0.150. The third-order valence-electron chi connectivity index (χ3n) is 5.20. The van der Waals surface area contributed by atoms with Gasteiger partial charge in [-0.15, -0.1) is 0 Å². The van der Waals surface area contributed by atoms with Crippen LogP contribution in [0.4, 0.5) is 0 Å². The van der Waals surface area contributed by atoms with E-state index in [2.05, 4.69) is 30.9 Å². The molecule has 1 aromatic rings. The largest absolute Gasteiger partial charge is 0.374 e. The first-order chi connectivity index (χ1) is 10.6. The molecule has 2 fully saturated rings. The highest BCUT2D eigenvalue weighted by Crippen LogP contribution is 2.32. The van der Waals surface area contributed by atoms with Crippen molar-refractivity contribution in [1.82, 2.24) is 4.90 Å². The fourth-order valence-electron chi connectivity index (χ4n) is 3.88. The number of carbonyl (C=O) groups is 1. The Bertz CT molecular complexity index is 509. The van der Waals surface area contributed by atoms with Crippen LogP contribution >= 0.6 is 0 Å². The van der Waals surface area contributed by atoms with Crippen molar-refractivity contribution < 1.29 is 9.53 Å². The fraction of sp³-hybridized carbons (Fsp3) is 0.632. The van der Waals surface area contributed by atoms with Crippen LogP contribution in [0.1, 0.15) is 51.5 Å². The number of morpholine rings is 1. The van der Waals surface area contributed by atoms with Gasteiger partial charge >= 0.3 is 0 Å². The molecule has 3 nitrogen and oxygen atoms in total. The second-order valence-corrected chi connectivity index (χ2v) is 7.27. The quantitative estimate of drug-likeness (QED) is 0.855. The summed E-state index contributed by atoms with van der Waals surface area (Å²) in [4.78, 5) is 15.0. The number of hydrogen-bond donors (Lipinski definition) is 0. The molecule has 1 saturated carbocycles. The van der Waals surface area contributed by atoms with Gasteiger partial charge in [-0.1, -0.05) is 57.0 Å². The molecule has 1 aliphatic carbocycles. The lowest BCUT2D eigenvalue weighted by atomic mass is 9.80. The zero-order valence-corrected chi connectivity index (χ0v) is 13.8. The maximum atomic E-state index is 12.9. The van der Waals surface area contributed by atoms with Crippen molar-refractivity contribution >= 4 is 5.91 Å². The molecule has 1 aliphatic heterocycles. The number of hydrogen-bond acceptors (Lipinski definition) is 2. The standard InChI is InChI=1S/C19H27NO2/c1-19(2,15-8-4-3-5-9-15)14-18(21)20-12-13-22-17-11-7-6-10-16(17)20/h3-5,8-9,16-17H,6-7,10-14H2,1-2H3. The molecule has 0 N–H and O–H groups in total. The Hall–Kier alpha value is -1.35. The summed E-state index contributed by atoms with van der Waals surface area (Å²) in [5, 5.41) is 0. The zero-order valence-electron chi connectivity index (χ0n) is 13.8. The van der Waals surface area contributed by atoms with E-state index < -0.39 is 0 Å². The van der Waals surface area contributed by atoms with Gasteiger partial charge in [0.2, 0.25) is 5.91 Å². The third kappa shape index (κ3) is 3.19. The topological polar surface area (TPSA) is 29.5 Å². The normalized spacial score (nSPS) is 25.6. The second kappa shape index (κ2) is 6.41. The van der Waals surface area contributed by atoms with Crippen molar-refractivity contribution in [3.05, 3.63) is 35.9 Å². The van der Waals surface area contributed by atoms with E-state index in [1.54, 1.807) is 0 Å². The summed E-state index contributed by atoms with van der Waals surface area (Å²) in [6.07, 6.45) is 5.50. The number of rotatable bonds is 3. The van der Waals surface area contributed by atoms with Crippen LogP contribution in [0.25, 0.3) is 0 Å². The van der Waals surface area contributed by atoms with Crippen molar-refractivity contribution in [3.63, 3.8) is 0 Å². The van der Waals surface area contributed by atoms with E-state index in [4.69, 9.17) is 4.74 Å². The zero-order chi connectivity index (χ0) is 15.6. The minimum Gasteiger partial charge on any atom is -0.374 e. The van der Waals surface area contributed by atoms with Gasteiger partial charge in [0.15, 0.2) is 0 Å². The molecule has 0 spiro atoms. The first kappa shape index (κ1) is 15.5. The molecule has 120 valence electrons. The minimum absolute atomic E-state index is 0.124.